The first kappa shape index (κ1) is 18.5. The third kappa shape index (κ3) is 4.71. The molecule has 2 amide bonds. The van der Waals surface area contributed by atoms with Crippen LogP contribution >= 0.6 is 12.4 Å². The number of para-hydroxylation sites is 1. The molecule has 122 valence electrons. The number of anilines is 1. The number of hydrogen-bond acceptors (Lipinski definition) is 3. The van der Waals surface area contributed by atoms with E-state index in [2.05, 4.69) is 10.6 Å². The minimum Gasteiger partial charge on any atom is -0.333 e. The summed E-state index contributed by atoms with van der Waals surface area (Å²) < 4.78 is 0. The minimum absolute atomic E-state index is 0. The third-order valence-electron chi connectivity index (χ3n) is 3.69. The number of rotatable bonds is 6. The highest BCUT2D eigenvalue weighted by Gasteiger charge is 2.29. The Morgan fingerprint density at radius 1 is 1.32 bits per heavy atom. The lowest BCUT2D eigenvalue weighted by atomic mass is 10.0. The lowest BCUT2D eigenvalue weighted by molar-refractivity contribution is -0.139. The van der Waals surface area contributed by atoms with Crippen LogP contribution in [0.2, 0.25) is 0 Å². The van der Waals surface area contributed by atoms with Crippen molar-refractivity contribution >= 4 is 29.9 Å². The monoisotopic (exact) mass is 325 g/mol. The van der Waals surface area contributed by atoms with E-state index >= 15 is 0 Å². The van der Waals surface area contributed by atoms with E-state index in [0.717, 1.165) is 30.8 Å². The zero-order chi connectivity index (χ0) is 15.2. The van der Waals surface area contributed by atoms with Crippen LogP contribution in [-0.4, -0.2) is 42.9 Å². The van der Waals surface area contributed by atoms with E-state index in [4.69, 9.17) is 0 Å². The van der Waals surface area contributed by atoms with E-state index in [9.17, 15) is 9.59 Å². The van der Waals surface area contributed by atoms with Gasteiger partial charge in [0.05, 0.1) is 12.5 Å². The highest BCUT2D eigenvalue weighted by molar-refractivity contribution is 5.95. The molecule has 2 rings (SSSR count). The number of aryl methyl sites for hydroxylation is 1. The third-order valence-corrected chi connectivity index (χ3v) is 3.69. The van der Waals surface area contributed by atoms with E-state index in [1.807, 2.05) is 38.1 Å². The van der Waals surface area contributed by atoms with Crippen molar-refractivity contribution in [3.05, 3.63) is 29.8 Å². The minimum atomic E-state index is -0.140. The Hall–Kier alpha value is -1.59. The number of amides is 2. The second kappa shape index (κ2) is 8.76. The van der Waals surface area contributed by atoms with Crippen LogP contribution < -0.4 is 10.6 Å². The maximum Gasteiger partial charge on any atom is 0.244 e. The summed E-state index contributed by atoms with van der Waals surface area (Å²) >= 11 is 0. The van der Waals surface area contributed by atoms with Crippen LogP contribution in [0.25, 0.3) is 0 Å². The summed E-state index contributed by atoms with van der Waals surface area (Å²) in [5, 5.41) is 5.97. The topological polar surface area (TPSA) is 61.4 Å². The molecule has 1 heterocycles. The number of nitrogens with one attached hydrogen (secondary N) is 2. The Bertz CT molecular complexity index is 518. The van der Waals surface area contributed by atoms with Gasteiger partial charge in [-0.3, -0.25) is 9.59 Å². The summed E-state index contributed by atoms with van der Waals surface area (Å²) in [4.78, 5) is 26.1. The Labute approximate surface area is 137 Å². The van der Waals surface area contributed by atoms with E-state index in [0.29, 0.717) is 6.54 Å². The molecule has 0 saturated carbocycles. The largest absolute Gasteiger partial charge is 0.333 e. The molecule has 1 aliphatic rings. The summed E-state index contributed by atoms with van der Waals surface area (Å²) in [7, 11) is 0. The van der Waals surface area contributed by atoms with Crippen molar-refractivity contribution < 1.29 is 9.59 Å². The lowest BCUT2D eigenvalue weighted by Crippen LogP contribution is -2.53. The molecule has 1 saturated heterocycles. The predicted octanol–water partition coefficient (Wildman–Crippen LogP) is 1.81. The molecule has 1 aromatic rings. The van der Waals surface area contributed by atoms with Crippen LogP contribution in [0.4, 0.5) is 5.69 Å². The summed E-state index contributed by atoms with van der Waals surface area (Å²) in [6.45, 7) is 6.15. The summed E-state index contributed by atoms with van der Waals surface area (Å²) in [6, 6.07) is 7.64. The maximum absolute atomic E-state index is 12.3. The van der Waals surface area contributed by atoms with Crippen LogP contribution in [0.5, 0.6) is 0 Å². The number of benzene rings is 1. The molecule has 0 bridgehead atoms. The van der Waals surface area contributed by atoms with Crippen LogP contribution in [0.15, 0.2) is 24.3 Å². The average Bonchev–Trinajstić information content (AvgIpc) is 2.39. The normalized spacial score (nSPS) is 13.7. The fourth-order valence-corrected chi connectivity index (χ4v) is 2.33. The first-order valence-electron chi connectivity index (χ1n) is 7.46. The Kier molecular flexibility index (Phi) is 7.35. The van der Waals surface area contributed by atoms with Crippen molar-refractivity contribution in [1.82, 2.24) is 10.2 Å². The second-order valence-electron chi connectivity index (χ2n) is 5.48. The average molecular weight is 326 g/mol. The molecule has 0 atom stereocenters. The van der Waals surface area contributed by atoms with Crippen molar-refractivity contribution in [3.63, 3.8) is 0 Å². The molecular weight excluding hydrogens is 302 g/mol. The summed E-state index contributed by atoms with van der Waals surface area (Å²) in [6.07, 6.45) is 0.851. The van der Waals surface area contributed by atoms with Gasteiger partial charge in [-0.15, -0.1) is 12.4 Å². The van der Waals surface area contributed by atoms with Gasteiger partial charge in [-0.05, 0) is 25.0 Å². The Morgan fingerprint density at radius 3 is 2.55 bits per heavy atom. The van der Waals surface area contributed by atoms with Crippen molar-refractivity contribution in [2.75, 3.05) is 31.5 Å². The van der Waals surface area contributed by atoms with Gasteiger partial charge in [0.25, 0.3) is 0 Å². The first-order valence-corrected chi connectivity index (χ1v) is 7.46. The highest BCUT2D eigenvalue weighted by Crippen LogP contribution is 2.14. The van der Waals surface area contributed by atoms with Crippen molar-refractivity contribution in [2.24, 2.45) is 5.92 Å². The Balaban J connectivity index is 0.00000242. The zero-order valence-corrected chi connectivity index (χ0v) is 13.9. The van der Waals surface area contributed by atoms with Crippen LogP contribution in [-0.2, 0) is 9.59 Å². The Morgan fingerprint density at radius 2 is 2.00 bits per heavy atom. The highest BCUT2D eigenvalue weighted by atomic mass is 35.5. The van der Waals surface area contributed by atoms with Gasteiger partial charge < -0.3 is 15.5 Å². The molecule has 1 aromatic carbocycles. The molecule has 0 radical (unpaired) electrons. The standard InChI is InChI=1S/C16H23N3O2.ClH/c1-3-8-19(16(21)13-9-17-10-13)11-15(20)18-14-7-5-4-6-12(14)2;/h4-7,13,17H,3,8-11H2,1-2H3,(H,18,20);1H. The van der Waals surface area contributed by atoms with Crippen LogP contribution in [0, 0.1) is 12.8 Å². The van der Waals surface area contributed by atoms with Gasteiger partial charge in [0.1, 0.15) is 0 Å². The zero-order valence-electron chi connectivity index (χ0n) is 13.1. The van der Waals surface area contributed by atoms with Gasteiger partial charge in [-0.1, -0.05) is 25.1 Å². The van der Waals surface area contributed by atoms with Gasteiger partial charge in [-0.2, -0.15) is 0 Å². The molecule has 22 heavy (non-hydrogen) atoms. The van der Waals surface area contributed by atoms with Crippen molar-refractivity contribution in [2.45, 2.75) is 20.3 Å². The first-order chi connectivity index (χ1) is 10.1. The van der Waals surface area contributed by atoms with E-state index in [1.54, 1.807) is 4.90 Å². The number of halogens is 1. The van der Waals surface area contributed by atoms with Gasteiger partial charge in [-0.25, -0.2) is 0 Å². The van der Waals surface area contributed by atoms with Gasteiger partial charge in [0.15, 0.2) is 0 Å². The van der Waals surface area contributed by atoms with E-state index in [-0.39, 0.29) is 36.7 Å². The molecule has 6 heteroatoms. The molecule has 0 spiro atoms. The number of hydrogen-bond donors (Lipinski definition) is 2. The molecule has 0 unspecified atom stereocenters. The molecule has 0 aliphatic carbocycles. The fraction of sp³-hybridized carbons (Fsp3) is 0.500. The summed E-state index contributed by atoms with van der Waals surface area (Å²) in [5.74, 6) is -0.0308. The molecule has 0 aromatic heterocycles. The molecule has 1 fully saturated rings. The molecule has 5 nitrogen and oxygen atoms in total. The fourth-order valence-electron chi connectivity index (χ4n) is 2.33. The summed E-state index contributed by atoms with van der Waals surface area (Å²) in [5.41, 5.74) is 1.82. The molecule has 2 N–H and O–H groups in total. The quantitative estimate of drug-likeness (QED) is 0.838. The van der Waals surface area contributed by atoms with Gasteiger partial charge in [0.2, 0.25) is 11.8 Å². The molecule has 1 aliphatic heterocycles. The van der Waals surface area contributed by atoms with E-state index in [1.165, 1.54) is 0 Å². The smallest absolute Gasteiger partial charge is 0.244 e. The van der Waals surface area contributed by atoms with Crippen LogP contribution in [0.3, 0.4) is 0 Å². The SMILES string of the molecule is CCCN(CC(=O)Nc1ccccc1C)C(=O)C1CNC1.Cl. The lowest BCUT2D eigenvalue weighted by Gasteiger charge is -2.32. The van der Waals surface area contributed by atoms with E-state index < -0.39 is 0 Å². The maximum atomic E-state index is 12.3. The second-order valence-corrected chi connectivity index (χ2v) is 5.48. The van der Waals surface area contributed by atoms with Crippen molar-refractivity contribution in [3.8, 4) is 0 Å². The number of nitrogens with zero attached hydrogens (tertiary/aromatic N) is 1. The van der Waals surface area contributed by atoms with Gasteiger partial charge >= 0.3 is 0 Å². The van der Waals surface area contributed by atoms with Gasteiger partial charge in [0, 0.05) is 25.3 Å². The van der Waals surface area contributed by atoms with Crippen molar-refractivity contribution in [1.29, 1.82) is 0 Å². The molecular formula is C16H24ClN3O2. The number of carbonyl (C=O) groups excluding carboxylic acids is 2. The number of carbonyl (C=O) groups is 2. The van der Waals surface area contributed by atoms with Crippen LogP contribution in [0.1, 0.15) is 18.9 Å². The predicted molar refractivity (Wildman–Crippen MR) is 90.3 cm³/mol.